The van der Waals surface area contributed by atoms with Crippen LogP contribution in [-0.2, 0) is 0 Å². The molecule has 0 radical (unpaired) electrons. The lowest BCUT2D eigenvalue weighted by atomic mass is 10.2. The predicted molar refractivity (Wildman–Crippen MR) is 77.1 cm³/mol. The molecule has 2 aromatic rings. The summed E-state index contributed by atoms with van der Waals surface area (Å²) >= 11 is 1.36. The number of carbonyl (C=O) groups is 1. The average molecular weight is 290 g/mol. The average Bonchev–Trinajstić information content (AvgIpc) is 2.47. The molecule has 20 heavy (non-hydrogen) atoms. The minimum absolute atomic E-state index is 0.249. The van der Waals surface area contributed by atoms with E-state index in [1.54, 1.807) is 32.4 Å². The van der Waals surface area contributed by atoms with Gasteiger partial charge in [0, 0.05) is 9.79 Å². The molecule has 0 fully saturated rings. The summed E-state index contributed by atoms with van der Waals surface area (Å²) < 4.78 is 10.3. The molecule has 0 saturated carbocycles. The van der Waals surface area contributed by atoms with Crippen molar-refractivity contribution in [2.75, 3.05) is 14.2 Å². The Balaban J connectivity index is 2.37. The van der Waals surface area contributed by atoms with E-state index < -0.39 is 5.97 Å². The number of carboxylic acids is 1. The van der Waals surface area contributed by atoms with E-state index in [0.29, 0.717) is 10.6 Å². The molecule has 0 spiro atoms. The third-order valence-corrected chi connectivity index (χ3v) is 3.74. The molecule has 0 atom stereocenters. The van der Waals surface area contributed by atoms with Gasteiger partial charge in [0.25, 0.3) is 0 Å². The van der Waals surface area contributed by atoms with Crippen LogP contribution in [0.4, 0.5) is 0 Å². The quantitative estimate of drug-likeness (QED) is 0.912. The zero-order valence-corrected chi connectivity index (χ0v) is 11.9. The minimum Gasteiger partial charge on any atom is -0.497 e. The first kappa shape index (κ1) is 14.3. The molecular formula is C15H14O4S. The van der Waals surface area contributed by atoms with Crippen LogP contribution < -0.4 is 9.47 Å². The highest BCUT2D eigenvalue weighted by atomic mass is 32.2. The molecule has 1 N–H and O–H groups in total. The maximum atomic E-state index is 11.3. The maximum absolute atomic E-state index is 11.3. The fraction of sp³-hybridized carbons (Fsp3) is 0.133. The number of rotatable bonds is 5. The van der Waals surface area contributed by atoms with Gasteiger partial charge in [0.2, 0.25) is 0 Å². The molecule has 0 amide bonds. The molecule has 0 saturated heterocycles. The number of methoxy groups -OCH3 is 2. The van der Waals surface area contributed by atoms with Gasteiger partial charge in [-0.05, 0) is 36.4 Å². The molecular weight excluding hydrogens is 276 g/mol. The number of hydrogen-bond acceptors (Lipinski definition) is 4. The Morgan fingerprint density at radius 2 is 1.75 bits per heavy atom. The van der Waals surface area contributed by atoms with Crippen molar-refractivity contribution in [2.45, 2.75) is 9.79 Å². The summed E-state index contributed by atoms with van der Waals surface area (Å²) in [7, 11) is 3.15. The van der Waals surface area contributed by atoms with E-state index in [9.17, 15) is 9.90 Å². The third-order valence-electron chi connectivity index (χ3n) is 2.69. The van der Waals surface area contributed by atoms with Crippen LogP contribution in [0.3, 0.4) is 0 Å². The standard InChI is InChI=1S/C15H14O4S/c1-18-10-4-3-5-12(8-10)20-14-9-11(19-2)6-7-13(14)15(16)17/h3-9H,1-2H3,(H,16,17). The Labute approximate surface area is 121 Å². The topological polar surface area (TPSA) is 55.8 Å². The molecule has 0 aliphatic heterocycles. The Kier molecular flexibility index (Phi) is 4.53. The number of aromatic carboxylic acids is 1. The van der Waals surface area contributed by atoms with Gasteiger partial charge >= 0.3 is 5.97 Å². The second-order valence-corrected chi connectivity index (χ2v) is 5.06. The van der Waals surface area contributed by atoms with Crippen molar-refractivity contribution >= 4 is 17.7 Å². The first-order valence-electron chi connectivity index (χ1n) is 5.87. The summed E-state index contributed by atoms with van der Waals surface area (Å²) in [6, 6.07) is 12.4. The lowest BCUT2D eigenvalue weighted by Gasteiger charge is -2.09. The van der Waals surface area contributed by atoms with Crippen LogP contribution in [0, 0.1) is 0 Å². The largest absolute Gasteiger partial charge is 0.497 e. The van der Waals surface area contributed by atoms with E-state index in [-0.39, 0.29) is 5.56 Å². The molecule has 0 unspecified atom stereocenters. The van der Waals surface area contributed by atoms with Crippen molar-refractivity contribution in [3.8, 4) is 11.5 Å². The van der Waals surface area contributed by atoms with Crippen LogP contribution in [0.25, 0.3) is 0 Å². The van der Waals surface area contributed by atoms with Gasteiger partial charge in [-0.25, -0.2) is 4.79 Å². The van der Waals surface area contributed by atoms with E-state index in [4.69, 9.17) is 9.47 Å². The zero-order chi connectivity index (χ0) is 14.5. The van der Waals surface area contributed by atoms with Gasteiger partial charge in [-0.3, -0.25) is 0 Å². The summed E-state index contributed by atoms with van der Waals surface area (Å²) in [4.78, 5) is 12.8. The summed E-state index contributed by atoms with van der Waals surface area (Å²) in [5, 5.41) is 9.23. The molecule has 5 heteroatoms. The van der Waals surface area contributed by atoms with E-state index >= 15 is 0 Å². The lowest BCUT2D eigenvalue weighted by Crippen LogP contribution is -1.99. The summed E-state index contributed by atoms with van der Waals surface area (Å²) in [5.74, 6) is 0.396. The highest BCUT2D eigenvalue weighted by Crippen LogP contribution is 2.34. The van der Waals surface area contributed by atoms with Crippen LogP contribution in [0.5, 0.6) is 11.5 Å². The third kappa shape index (κ3) is 3.24. The van der Waals surface area contributed by atoms with Gasteiger partial charge in [0.15, 0.2) is 0 Å². The summed E-state index contributed by atoms with van der Waals surface area (Å²) in [6.45, 7) is 0. The fourth-order valence-corrected chi connectivity index (χ4v) is 2.70. The molecule has 2 aromatic carbocycles. The molecule has 2 rings (SSSR count). The summed E-state index contributed by atoms with van der Waals surface area (Å²) in [5.41, 5.74) is 0.249. The van der Waals surface area contributed by atoms with Crippen LogP contribution in [-0.4, -0.2) is 25.3 Å². The first-order chi connectivity index (χ1) is 9.63. The van der Waals surface area contributed by atoms with Crippen molar-refractivity contribution in [3.63, 3.8) is 0 Å². The molecule has 0 bridgehead atoms. The van der Waals surface area contributed by atoms with Gasteiger partial charge in [-0.15, -0.1) is 0 Å². The molecule has 4 nitrogen and oxygen atoms in total. The van der Waals surface area contributed by atoms with Crippen LogP contribution in [0.15, 0.2) is 52.3 Å². The van der Waals surface area contributed by atoms with Gasteiger partial charge in [0.05, 0.1) is 19.8 Å². The number of ether oxygens (including phenoxy) is 2. The SMILES string of the molecule is COc1cccc(Sc2cc(OC)ccc2C(=O)O)c1. The van der Waals surface area contributed by atoms with Crippen molar-refractivity contribution in [1.82, 2.24) is 0 Å². The molecule has 0 aromatic heterocycles. The van der Waals surface area contributed by atoms with E-state index in [0.717, 1.165) is 10.6 Å². The van der Waals surface area contributed by atoms with Gasteiger partial charge in [0.1, 0.15) is 11.5 Å². The van der Waals surface area contributed by atoms with Crippen LogP contribution in [0.1, 0.15) is 10.4 Å². The molecule has 0 aliphatic rings. The monoisotopic (exact) mass is 290 g/mol. The fourth-order valence-electron chi connectivity index (χ4n) is 1.68. The lowest BCUT2D eigenvalue weighted by molar-refractivity contribution is 0.0693. The Hall–Kier alpha value is -2.14. The Morgan fingerprint density at radius 3 is 2.40 bits per heavy atom. The Bertz CT molecular complexity index is 625. The maximum Gasteiger partial charge on any atom is 0.336 e. The highest BCUT2D eigenvalue weighted by Gasteiger charge is 2.12. The van der Waals surface area contributed by atoms with E-state index in [2.05, 4.69) is 0 Å². The molecule has 104 valence electrons. The van der Waals surface area contributed by atoms with Crippen molar-refractivity contribution < 1.29 is 19.4 Å². The Morgan fingerprint density at radius 1 is 1.05 bits per heavy atom. The molecule has 0 heterocycles. The predicted octanol–water partition coefficient (Wildman–Crippen LogP) is 3.55. The normalized spacial score (nSPS) is 10.1. The smallest absolute Gasteiger partial charge is 0.336 e. The minimum atomic E-state index is -0.960. The second-order valence-electron chi connectivity index (χ2n) is 3.95. The van der Waals surface area contributed by atoms with E-state index in [1.165, 1.54) is 11.8 Å². The van der Waals surface area contributed by atoms with Crippen LogP contribution >= 0.6 is 11.8 Å². The van der Waals surface area contributed by atoms with E-state index in [1.807, 2.05) is 24.3 Å². The first-order valence-corrected chi connectivity index (χ1v) is 6.69. The molecule has 0 aliphatic carbocycles. The number of hydrogen-bond donors (Lipinski definition) is 1. The van der Waals surface area contributed by atoms with Gasteiger partial charge < -0.3 is 14.6 Å². The number of benzene rings is 2. The summed E-state index contributed by atoms with van der Waals surface area (Å²) in [6.07, 6.45) is 0. The van der Waals surface area contributed by atoms with Crippen molar-refractivity contribution in [1.29, 1.82) is 0 Å². The van der Waals surface area contributed by atoms with Crippen LogP contribution in [0.2, 0.25) is 0 Å². The van der Waals surface area contributed by atoms with Gasteiger partial charge in [-0.1, -0.05) is 17.8 Å². The zero-order valence-electron chi connectivity index (χ0n) is 11.1. The second kappa shape index (κ2) is 6.34. The van der Waals surface area contributed by atoms with Crippen molar-refractivity contribution in [3.05, 3.63) is 48.0 Å². The van der Waals surface area contributed by atoms with Gasteiger partial charge in [-0.2, -0.15) is 0 Å². The van der Waals surface area contributed by atoms with Crippen molar-refractivity contribution in [2.24, 2.45) is 0 Å². The highest BCUT2D eigenvalue weighted by molar-refractivity contribution is 7.99. The number of carboxylic acid groups (broad SMARTS) is 1.